The van der Waals surface area contributed by atoms with E-state index < -0.39 is 18.0 Å². The SMILES string of the molecule is Cc1cc(C(=O)C2[C@H](C)[C@@H](c3ccc(Cl)cc3)CN2N(C)C(=O)Oc2ccc(F)cc2)cnn1. The number of ketones is 1. The van der Waals surface area contributed by atoms with Gasteiger partial charge >= 0.3 is 6.09 Å². The van der Waals surface area contributed by atoms with Gasteiger partial charge in [0.2, 0.25) is 0 Å². The van der Waals surface area contributed by atoms with Gasteiger partial charge in [-0.1, -0.05) is 30.7 Å². The molecule has 1 aliphatic heterocycles. The number of carbonyl (C=O) groups is 2. The maximum absolute atomic E-state index is 13.6. The molecule has 176 valence electrons. The fraction of sp³-hybridized carbons (Fsp3) is 0.280. The Kier molecular flexibility index (Phi) is 6.90. The minimum atomic E-state index is -0.683. The number of halogens is 2. The van der Waals surface area contributed by atoms with E-state index >= 15 is 0 Å². The van der Waals surface area contributed by atoms with Gasteiger partial charge < -0.3 is 4.74 Å². The van der Waals surface area contributed by atoms with Crippen molar-refractivity contribution < 1.29 is 18.7 Å². The number of nitrogens with zero attached hydrogens (tertiary/aromatic N) is 4. The number of aromatic nitrogens is 2. The van der Waals surface area contributed by atoms with Crippen molar-refractivity contribution in [3.63, 3.8) is 0 Å². The molecule has 0 aliphatic carbocycles. The van der Waals surface area contributed by atoms with E-state index in [1.165, 1.54) is 35.5 Å². The Morgan fingerprint density at radius 2 is 1.82 bits per heavy atom. The van der Waals surface area contributed by atoms with Gasteiger partial charge in [-0.05, 0) is 60.9 Å². The highest BCUT2D eigenvalue weighted by Crippen LogP contribution is 2.39. The van der Waals surface area contributed by atoms with Crippen molar-refractivity contribution in [1.82, 2.24) is 20.2 Å². The molecule has 1 unspecified atom stereocenters. The summed E-state index contributed by atoms with van der Waals surface area (Å²) in [5, 5.41) is 11.5. The van der Waals surface area contributed by atoms with Crippen LogP contribution in [-0.2, 0) is 0 Å². The Bertz CT molecular complexity index is 1190. The van der Waals surface area contributed by atoms with Crippen molar-refractivity contribution in [3.8, 4) is 5.75 Å². The third-order valence-corrected chi connectivity index (χ3v) is 6.39. The summed E-state index contributed by atoms with van der Waals surface area (Å²) in [5.41, 5.74) is 2.06. The zero-order valence-corrected chi connectivity index (χ0v) is 19.7. The smallest absolute Gasteiger partial charge is 0.409 e. The molecule has 0 bridgehead atoms. The second kappa shape index (κ2) is 9.87. The Hall–Kier alpha value is -3.36. The van der Waals surface area contributed by atoms with Crippen molar-refractivity contribution in [2.45, 2.75) is 25.8 Å². The van der Waals surface area contributed by atoms with Gasteiger partial charge in [0.15, 0.2) is 5.78 Å². The van der Waals surface area contributed by atoms with Crippen LogP contribution in [0.3, 0.4) is 0 Å². The second-order valence-corrected chi connectivity index (χ2v) is 8.82. The summed E-state index contributed by atoms with van der Waals surface area (Å²) in [6, 6.07) is 13.7. The lowest BCUT2D eigenvalue weighted by atomic mass is 9.84. The molecule has 3 aromatic rings. The molecule has 1 aromatic heterocycles. The standard InChI is InChI=1S/C25H24ClFN4O3/c1-15-12-18(13-28-29-15)24(32)23-16(2)22(17-4-6-19(26)7-5-17)14-31(23)30(3)25(33)34-21-10-8-20(27)9-11-21/h4-13,16,22-23H,14H2,1-3H3/t16-,22+,23?/m1/s1. The van der Waals surface area contributed by atoms with E-state index in [0.717, 1.165) is 5.56 Å². The summed E-state index contributed by atoms with van der Waals surface area (Å²) in [6.07, 6.45) is 0.754. The van der Waals surface area contributed by atoms with Gasteiger partial charge in [-0.2, -0.15) is 10.2 Å². The van der Waals surface area contributed by atoms with E-state index in [0.29, 0.717) is 22.8 Å². The molecule has 0 spiro atoms. The van der Waals surface area contributed by atoms with Crippen LogP contribution in [0.4, 0.5) is 9.18 Å². The van der Waals surface area contributed by atoms with E-state index in [1.54, 1.807) is 25.0 Å². The van der Waals surface area contributed by atoms with E-state index in [4.69, 9.17) is 16.3 Å². The molecule has 34 heavy (non-hydrogen) atoms. The van der Waals surface area contributed by atoms with Crippen LogP contribution in [-0.4, -0.2) is 51.7 Å². The first-order chi connectivity index (χ1) is 16.2. The maximum atomic E-state index is 13.6. The molecular weight excluding hydrogens is 459 g/mol. The molecule has 4 rings (SSSR count). The van der Waals surface area contributed by atoms with Gasteiger partial charge in [-0.25, -0.2) is 19.2 Å². The van der Waals surface area contributed by atoms with Crippen LogP contribution >= 0.6 is 11.6 Å². The third-order valence-electron chi connectivity index (χ3n) is 6.13. The summed E-state index contributed by atoms with van der Waals surface area (Å²) in [4.78, 5) is 26.6. The molecule has 1 saturated heterocycles. The molecule has 0 saturated carbocycles. The summed E-state index contributed by atoms with van der Waals surface area (Å²) >= 11 is 6.07. The van der Waals surface area contributed by atoms with Crippen LogP contribution in [0.15, 0.2) is 60.8 Å². The third kappa shape index (κ3) is 4.93. The van der Waals surface area contributed by atoms with Crippen LogP contribution in [0.25, 0.3) is 0 Å². The Labute approximate surface area is 202 Å². The highest BCUT2D eigenvalue weighted by atomic mass is 35.5. The highest BCUT2D eigenvalue weighted by Gasteiger charge is 2.47. The van der Waals surface area contributed by atoms with Crippen molar-refractivity contribution in [3.05, 3.63) is 88.5 Å². The van der Waals surface area contributed by atoms with E-state index in [2.05, 4.69) is 10.2 Å². The molecule has 1 amide bonds. The van der Waals surface area contributed by atoms with E-state index in [9.17, 15) is 14.0 Å². The largest absolute Gasteiger partial charge is 0.429 e. The first kappa shape index (κ1) is 23.8. The Balaban J connectivity index is 1.64. The molecule has 2 aromatic carbocycles. The molecule has 0 N–H and O–H groups in total. The molecule has 7 nitrogen and oxygen atoms in total. The van der Waals surface area contributed by atoms with E-state index in [-0.39, 0.29) is 23.4 Å². The zero-order chi connectivity index (χ0) is 24.4. The van der Waals surface area contributed by atoms with Crippen LogP contribution in [0.1, 0.15) is 34.5 Å². The van der Waals surface area contributed by atoms with Crippen LogP contribution in [0, 0.1) is 18.7 Å². The first-order valence-corrected chi connectivity index (χ1v) is 11.2. The van der Waals surface area contributed by atoms with Gasteiger partial charge in [-0.3, -0.25) is 4.79 Å². The average molecular weight is 483 g/mol. The maximum Gasteiger partial charge on any atom is 0.429 e. The quantitative estimate of drug-likeness (QED) is 0.481. The summed E-state index contributed by atoms with van der Waals surface area (Å²) in [7, 11) is 1.55. The van der Waals surface area contributed by atoms with Crippen molar-refractivity contribution in [1.29, 1.82) is 0 Å². The van der Waals surface area contributed by atoms with Gasteiger partial charge in [-0.15, -0.1) is 0 Å². The van der Waals surface area contributed by atoms with Crippen LogP contribution < -0.4 is 4.74 Å². The fourth-order valence-electron chi connectivity index (χ4n) is 4.33. The van der Waals surface area contributed by atoms with Gasteiger partial charge in [0.1, 0.15) is 11.6 Å². The molecule has 0 radical (unpaired) electrons. The number of hydrogen-bond donors (Lipinski definition) is 0. The number of rotatable bonds is 5. The van der Waals surface area contributed by atoms with Gasteiger partial charge in [0, 0.05) is 30.1 Å². The van der Waals surface area contributed by atoms with Crippen molar-refractivity contribution in [2.75, 3.05) is 13.6 Å². The lowest BCUT2D eigenvalue weighted by Gasteiger charge is -2.32. The number of hydrazine groups is 1. The topological polar surface area (TPSA) is 75.6 Å². The minimum absolute atomic E-state index is 0.0387. The summed E-state index contributed by atoms with van der Waals surface area (Å²) in [5.74, 6) is -0.564. The highest BCUT2D eigenvalue weighted by molar-refractivity contribution is 6.30. The monoisotopic (exact) mass is 482 g/mol. The van der Waals surface area contributed by atoms with Gasteiger partial charge in [0.25, 0.3) is 0 Å². The van der Waals surface area contributed by atoms with Crippen LogP contribution in [0.2, 0.25) is 5.02 Å². The first-order valence-electron chi connectivity index (χ1n) is 10.8. The number of ether oxygens (including phenoxy) is 1. The van der Waals surface area contributed by atoms with Crippen LogP contribution in [0.5, 0.6) is 5.75 Å². The van der Waals surface area contributed by atoms with E-state index in [1.807, 2.05) is 31.2 Å². The predicted octanol–water partition coefficient (Wildman–Crippen LogP) is 4.91. The number of benzene rings is 2. The zero-order valence-electron chi connectivity index (χ0n) is 19.0. The fourth-order valence-corrected chi connectivity index (χ4v) is 4.45. The number of carbonyl (C=O) groups excluding carboxylic acids is 2. The number of aryl methyl sites for hydroxylation is 1. The number of hydrogen-bond acceptors (Lipinski definition) is 6. The number of Topliss-reactive ketones (excluding diaryl/α,β-unsaturated/α-hetero) is 1. The lowest BCUT2D eigenvalue weighted by molar-refractivity contribution is 0.00261. The normalized spacial score (nSPS) is 20.2. The number of amides is 1. The molecule has 9 heteroatoms. The Morgan fingerprint density at radius 3 is 2.47 bits per heavy atom. The average Bonchev–Trinajstić information content (AvgIpc) is 3.17. The molecule has 3 atom stereocenters. The summed E-state index contributed by atoms with van der Waals surface area (Å²) in [6.45, 7) is 4.16. The van der Waals surface area contributed by atoms with Crippen molar-refractivity contribution in [2.24, 2.45) is 5.92 Å². The second-order valence-electron chi connectivity index (χ2n) is 8.38. The molecule has 1 fully saturated rings. The van der Waals surface area contributed by atoms with Gasteiger partial charge in [0.05, 0.1) is 17.9 Å². The molecule has 2 heterocycles. The molecular formula is C25H24ClFN4O3. The molecule has 1 aliphatic rings. The predicted molar refractivity (Wildman–Crippen MR) is 125 cm³/mol. The minimum Gasteiger partial charge on any atom is -0.409 e. The lowest BCUT2D eigenvalue weighted by Crippen LogP contribution is -2.51. The Morgan fingerprint density at radius 1 is 1.15 bits per heavy atom. The summed E-state index contributed by atoms with van der Waals surface area (Å²) < 4.78 is 18.6. The van der Waals surface area contributed by atoms with Crippen molar-refractivity contribution >= 4 is 23.5 Å².